The number of aryl methyl sites for hydroxylation is 2. The van der Waals surface area contributed by atoms with Crippen molar-refractivity contribution in [2.75, 3.05) is 25.1 Å². The van der Waals surface area contributed by atoms with Crippen LogP contribution in [-0.2, 0) is 14.3 Å². The summed E-state index contributed by atoms with van der Waals surface area (Å²) in [5.74, 6) is -2.94. The number of nitrogens with zero attached hydrogens (tertiary/aromatic N) is 1. The summed E-state index contributed by atoms with van der Waals surface area (Å²) in [5.41, 5.74) is 2.96. The largest absolute Gasteiger partial charge is 0.381 e. The number of imide groups is 1. The van der Waals surface area contributed by atoms with E-state index in [1.54, 1.807) is 6.07 Å². The maximum atomic E-state index is 13.7. The molecule has 0 saturated carbocycles. The van der Waals surface area contributed by atoms with Crippen LogP contribution in [0.3, 0.4) is 0 Å². The molecule has 32 heavy (non-hydrogen) atoms. The summed E-state index contributed by atoms with van der Waals surface area (Å²) < 4.78 is 32.6. The first-order chi connectivity index (χ1) is 15.3. The molecule has 2 aromatic rings. The highest BCUT2D eigenvalue weighted by Crippen LogP contribution is 2.33. The molecule has 0 bridgehead atoms. The van der Waals surface area contributed by atoms with Crippen molar-refractivity contribution in [3.63, 3.8) is 0 Å². The smallest absolute Gasteiger partial charge is 0.278 e. The fraction of sp³-hybridized carbons (Fsp3) is 0.360. The second kappa shape index (κ2) is 10.5. The molecule has 0 saturated heterocycles. The van der Waals surface area contributed by atoms with Gasteiger partial charge in [-0.25, -0.2) is 8.78 Å². The van der Waals surface area contributed by atoms with Crippen LogP contribution in [0.15, 0.2) is 42.1 Å². The third-order valence-corrected chi connectivity index (χ3v) is 5.32. The third-order valence-electron chi connectivity index (χ3n) is 5.32. The van der Waals surface area contributed by atoms with Crippen molar-refractivity contribution < 1.29 is 23.1 Å². The van der Waals surface area contributed by atoms with E-state index in [0.29, 0.717) is 25.2 Å². The Balaban J connectivity index is 1.89. The van der Waals surface area contributed by atoms with Crippen LogP contribution in [0.5, 0.6) is 0 Å². The van der Waals surface area contributed by atoms with Gasteiger partial charge in [0.1, 0.15) is 5.70 Å². The van der Waals surface area contributed by atoms with Crippen molar-refractivity contribution >= 4 is 23.1 Å². The topological polar surface area (TPSA) is 58.6 Å². The van der Waals surface area contributed by atoms with E-state index < -0.39 is 23.4 Å². The lowest BCUT2D eigenvalue weighted by atomic mass is 9.97. The number of rotatable bonds is 10. The molecule has 2 amide bonds. The van der Waals surface area contributed by atoms with Crippen LogP contribution in [-0.4, -0.2) is 36.5 Å². The Morgan fingerprint density at radius 1 is 0.938 bits per heavy atom. The van der Waals surface area contributed by atoms with Crippen molar-refractivity contribution in [2.24, 2.45) is 0 Å². The van der Waals surface area contributed by atoms with Crippen LogP contribution < -0.4 is 5.32 Å². The minimum atomic E-state index is -1.04. The minimum Gasteiger partial charge on any atom is -0.381 e. The normalized spacial score (nSPS) is 14.0. The standard InChI is InChI=1S/C25H28F2N2O3/c1-4-5-12-32-13-6-11-29-24(30)22(19-9-7-16(2)14-17(19)3)23(25(29)31)28-18-8-10-20(26)21(27)15-18/h7-10,14-15,28H,4-6,11-13H2,1-3H3. The summed E-state index contributed by atoms with van der Waals surface area (Å²) in [4.78, 5) is 27.6. The number of anilines is 1. The van der Waals surface area contributed by atoms with Crippen LogP contribution in [0.4, 0.5) is 14.5 Å². The van der Waals surface area contributed by atoms with Gasteiger partial charge in [-0.2, -0.15) is 0 Å². The Kier molecular flexibility index (Phi) is 7.75. The fourth-order valence-corrected chi connectivity index (χ4v) is 3.63. The minimum absolute atomic E-state index is 0.0554. The number of hydrogen-bond acceptors (Lipinski definition) is 4. The summed E-state index contributed by atoms with van der Waals surface area (Å²) in [6.07, 6.45) is 2.51. The summed E-state index contributed by atoms with van der Waals surface area (Å²) in [7, 11) is 0. The molecule has 1 aliphatic rings. The SMILES string of the molecule is CCCCOCCCN1C(=O)C(Nc2ccc(F)c(F)c2)=C(c2ccc(C)cc2C)C1=O. The first-order valence-corrected chi connectivity index (χ1v) is 10.8. The van der Waals surface area contributed by atoms with Gasteiger partial charge in [-0.3, -0.25) is 14.5 Å². The fourth-order valence-electron chi connectivity index (χ4n) is 3.63. The van der Waals surface area contributed by atoms with Gasteiger partial charge in [0.2, 0.25) is 0 Å². The number of halogens is 2. The van der Waals surface area contributed by atoms with E-state index in [1.807, 2.05) is 26.0 Å². The quantitative estimate of drug-likeness (QED) is 0.417. The van der Waals surface area contributed by atoms with Crippen LogP contribution in [0, 0.1) is 25.5 Å². The van der Waals surface area contributed by atoms with E-state index >= 15 is 0 Å². The summed E-state index contributed by atoms with van der Waals surface area (Å²) in [5, 5.41) is 2.86. The third kappa shape index (κ3) is 5.22. The van der Waals surface area contributed by atoms with Crippen LogP contribution >= 0.6 is 0 Å². The molecule has 0 fully saturated rings. The average molecular weight is 443 g/mol. The van der Waals surface area contributed by atoms with Gasteiger partial charge < -0.3 is 10.1 Å². The molecule has 1 heterocycles. The second-order valence-corrected chi connectivity index (χ2v) is 7.90. The molecular formula is C25H28F2N2O3. The molecule has 5 nitrogen and oxygen atoms in total. The highest BCUT2D eigenvalue weighted by molar-refractivity contribution is 6.36. The average Bonchev–Trinajstić information content (AvgIpc) is 2.97. The number of ether oxygens (including phenoxy) is 1. The molecule has 0 aromatic heterocycles. The molecular weight excluding hydrogens is 414 g/mol. The van der Waals surface area contributed by atoms with Crippen molar-refractivity contribution in [3.05, 3.63) is 70.4 Å². The predicted octanol–water partition coefficient (Wildman–Crippen LogP) is 4.98. The molecule has 1 aliphatic heterocycles. The summed E-state index contributed by atoms with van der Waals surface area (Å²) in [6, 6.07) is 8.86. The Morgan fingerprint density at radius 3 is 2.38 bits per heavy atom. The van der Waals surface area contributed by atoms with Crippen LogP contribution in [0.2, 0.25) is 0 Å². The zero-order valence-corrected chi connectivity index (χ0v) is 18.6. The zero-order valence-electron chi connectivity index (χ0n) is 18.6. The highest BCUT2D eigenvalue weighted by Gasteiger charge is 2.39. The Bertz CT molecular complexity index is 1050. The summed E-state index contributed by atoms with van der Waals surface area (Å²) in [6.45, 7) is 7.19. The number of unbranched alkanes of at least 4 members (excludes halogenated alkanes) is 1. The molecule has 7 heteroatoms. The van der Waals surface area contributed by atoms with E-state index in [4.69, 9.17) is 4.74 Å². The molecule has 0 atom stereocenters. The van der Waals surface area contributed by atoms with Crippen LogP contribution in [0.25, 0.3) is 5.57 Å². The van der Waals surface area contributed by atoms with Gasteiger partial charge in [0.25, 0.3) is 11.8 Å². The lowest BCUT2D eigenvalue weighted by Crippen LogP contribution is -2.34. The predicted molar refractivity (Wildman–Crippen MR) is 120 cm³/mol. The molecule has 2 aromatic carbocycles. The Labute approximate surface area is 187 Å². The number of carbonyl (C=O) groups excluding carboxylic acids is 2. The Morgan fingerprint density at radius 2 is 1.69 bits per heavy atom. The van der Waals surface area contributed by atoms with Gasteiger partial charge in [-0.15, -0.1) is 0 Å². The van der Waals surface area contributed by atoms with E-state index in [0.717, 1.165) is 36.1 Å². The van der Waals surface area contributed by atoms with Gasteiger partial charge in [0.15, 0.2) is 11.6 Å². The van der Waals surface area contributed by atoms with Gasteiger partial charge in [-0.1, -0.05) is 37.1 Å². The lowest BCUT2D eigenvalue weighted by Gasteiger charge is -2.15. The molecule has 0 spiro atoms. The van der Waals surface area contributed by atoms with Gasteiger partial charge in [-0.05, 0) is 49.9 Å². The first-order valence-electron chi connectivity index (χ1n) is 10.8. The van der Waals surface area contributed by atoms with E-state index in [9.17, 15) is 18.4 Å². The van der Waals surface area contributed by atoms with E-state index in [1.165, 1.54) is 11.0 Å². The zero-order chi connectivity index (χ0) is 23.3. The lowest BCUT2D eigenvalue weighted by molar-refractivity contribution is -0.137. The number of nitrogens with one attached hydrogen (secondary N) is 1. The molecule has 170 valence electrons. The van der Waals surface area contributed by atoms with Gasteiger partial charge in [0.05, 0.1) is 5.57 Å². The monoisotopic (exact) mass is 442 g/mol. The maximum Gasteiger partial charge on any atom is 0.278 e. The van der Waals surface area contributed by atoms with Crippen molar-refractivity contribution in [2.45, 2.75) is 40.0 Å². The highest BCUT2D eigenvalue weighted by atomic mass is 19.2. The number of hydrogen-bond donors (Lipinski definition) is 1. The number of benzene rings is 2. The first kappa shape index (κ1) is 23.6. The molecule has 1 N–H and O–H groups in total. The summed E-state index contributed by atoms with van der Waals surface area (Å²) >= 11 is 0. The molecule has 0 radical (unpaired) electrons. The van der Waals surface area contributed by atoms with E-state index in [2.05, 4.69) is 12.2 Å². The Hall–Kier alpha value is -3.06. The van der Waals surface area contributed by atoms with Gasteiger partial charge >= 0.3 is 0 Å². The van der Waals surface area contributed by atoms with Gasteiger partial charge in [0, 0.05) is 31.5 Å². The van der Waals surface area contributed by atoms with E-state index in [-0.39, 0.29) is 23.5 Å². The molecule has 3 rings (SSSR count). The van der Waals surface area contributed by atoms with Crippen molar-refractivity contribution in [1.29, 1.82) is 0 Å². The van der Waals surface area contributed by atoms with Crippen molar-refractivity contribution in [3.8, 4) is 0 Å². The van der Waals surface area contributed by atoms with Crippen molar-refractivity contribution in [1.82, 2.24) is 4.90 Å². The second-order valence-electron chi connectivity index (χ2n) is 7.90. The number of carbonyl (C=O) groups is 2. The number of amides is 2. The molecule has 0 unspecified atom stereocenters. The maximum absolute atomic E-state index is 13.7. The van der Waals surface area contributed by atoms with Crippen LogP contribution in [0.1, 0.15) is 42.9 Å². The molecule has 0 aliphatic carbocycles.